The van der Waals surface area contributed by atoms with Gasteiger partial charge in [-0.15, -0.1) is 0 Å². The molecule has 0 unspecified atom stereocenters. The molecule has 3 aromatic rings. The summed E-state index contributed by atoms with van der Waals surface area (Å²) in [5.41, 5.74) is 0.970. The van der Waals surface area contributed by atoms with Crippen molar-refractivity contribution < 1.29 is 18.4 Å². The molecular formula is C18H13F2N5O3S. The first kappa shape index (κ1) is 20.0. The Morgan fingerprint density at radius 2 is 1.97 bits per heavy atom. The van der Waals surface area contributed by atoms with E-state index in [9.17, 15) is 18.9 Å². The summed E-state index contributed by atoms with van der Waals surface area (Å²) in [6.45, 7) is -2.91. The number of benzene rings is 2. The molecule has 11 heteroatoms. The zero-order valence-corrected chi connectivity index (χ0v) is 15.4. The molecule has 0 atom stereocenters. The van der Waals surface area contributed by atoms with E-state index in [0.29, 0.717) is 17.0 Å². The molecule has 0 bridgehead atoms. The fraction of sp³-hybridized carbons (Fsp3) is 0.0556. The maximum absolute atomic E-state index is 12.3. The first-order valence-corrected chi connectivity index (χ1v) is 8.53. The van der Waals surface area contributed by atoms with E-state index in [2.05, 4.69) is 20.0 Å². The van der Waals surface area contributed by atoms with Crippen LogP contribution in [0.3, 0.4) is 0 Å². The van der Waals surface area contributed by atoms with Crippen LogP contribution < -0.4 is 4.74 Å². The summed E-state index contributed by atoms with van der Waals surface area (Å²) in [7, 11) is 0. The van der Waals surface area contributed by atoms with Gasteiger partial charge >= 0.3 is 6.61 Å². The van der Waals surface area contributed by atoms with Crippen LogP contribution >= 0.6 is 12.2 Å². The average molecular weight is 417 g/mol. The smallest absolute Gasteiger partial charge is 0.387 e. The second kappa shape index (κ2) is 8.97. The van der Waals surface area contributed by atoms with E-state index in [1.165, 1.54) is 47.3 Å². The molecule has 0 fully saturated rings. The molecule has 0 saturated heterocycles. The molecule has 3 rings (SSSR count). The van der Waals surface area contributed by atoms with Crippen molar-refractivity contribution in [3.05, 3.63) is 75.1 Å². The largest absolute Gasteiger partial charge is 0.435 e. The van der Waals surface area contributed by atoms with Crippen molar-refractivity contribution in [2.24, 2.45) is 5.10 Å². The number of alkyl halides is 2. The number of nitro groups is 1. The SMILES string of the molecule is O=[N+]([O-])c1ccccc1C=CC=Nn1c(-c2ccc(OC(F)F)cc2)n[nH]c1=S. The fourth-order valence-electron chi connectivity index (χ4n) is 2.42. The maximum Gasteiger partial charge on any atom is 0.387 e. The minimum absolute atomic E-state index is 0.0142. The van der Waals surface area contributed by atoms with Crippen molar-refractivity contribution in [2.45, 2.75) is 6.61 Å². The molecule has 0 saturated carbocycles. The van der Waals surface area contributed by atoms with Gasteiger partial charge in [-0.25, -0.2) is 5.10 Å². The van der Waals surface area contributed by atoms with Gasteiger partial charge in [0.25, 0.3) is 5.69 Å². The van der Waals surface area contributed by atoms with Gasteiger partial charge < -0.3 is 4.74 Å². The van der Waals surface area contributed by atoms with Crippen molar-refractivity contribution in [1.82, 2.24) is 14.9 Å². The highest BCUT2D eigenvalue weighted by Crippen LogP contribution is 2.22. The van der Waals surface area contributed by atoms with Crippen LogP contribution in [0.5, 0.6) is 5.75 Å². The van der Waals surface area contributed by atoms with Gasteiger partial charge in [-0.1, -0.05) is 12.1 Å². The van der Waals surface area contributed by atoms with Crippen LogP contribution in [0.15, 0.2) is 59.7 Å². The van der Waals surface area contributed by atoms with Crippen LogP contribution in [-0.4, -0.2) is 32.6 Å². The maximum atomic E-state index is 12.3. The van der Waals surface area contributed by atoms with Gasteiger partial charge in [-0.2, -0.15) is 23.7 Å². The molecular weight excluding hydrogens is 404 g/mol. The predicted octanol–water partition coefficient (Wildman–Crippen LogP) is 4.66. The Bertz CT molecular complexity index is 1120. The van der Waals surface area contributed by atoms with E-state index in [1.807, 2.05) is 0 Å². The van der Waals surface area contributed by atoms with Crippen molar-refractivity contribution >= 4 is 30.2 Å². The van der Waals surface area contributed by atoms with E-state index in [-0.39, 0.29) is 16.2 Å². The van der Waals surface area contributed by atoms with Gasteiger partial charge in [0.15, 0.2) is 5.82 Å². The Morgan fingerprint density at radius 3 is 2.66 bits per heavy atom. The van der Waals surface area contributed by atoms with Crippen LogP contribution in [0, 0.1) is 14.9 Å². The number of nitro benzene ring substituents is 1. The van der Waals surface area contributed by atoms with Crippen molar-refractivity contribution in [1.29, 1.82) is 0 Å². The Hall–Kier alpha value is -3.73. The molecule has 1 heterocycles. The van der Waals surface area contributed by atoms with Crippen molar-refractivity contribution in [2.75, 3.05) is 0 Å². The highest BCUT2D eigenvalue weighted by Gasteiger charge is 2.10. The molecule has 0 aliphatic carbocycles. The third-order valence-corrected chi connectivity index (χ3v) is 3.93. The van der Waals surface area contributed by atoms with Crippen LogP contribution in [-0.2, 0) is 0 Å². The fourth-order valence-corrected chi connectivity index (χ4v) is 2.60. The normalized spacial score (nSPS) is 11.6. The summed E-state index contributed by atoms with van der Waals surface area (Å²) in [4.78, 5) is 10.6. The molecule has 2 aromatic carbocycles. The first-order valence-electron chi connectivity index (χ1n) is 8.13. The molecule has 0 radical (unpaired) electrons. The van der Waals surface area contributed by atoms with E-state index in [0.717, 1.165) is 0 Å². The number of hydrogen-bond donors (Lipinski definition) is 1. The Labute approximate surface area is 167 Å². The van der Waals surface area contributed by atoms with Gasteiger partial charge in [0.1, 0.15) is 5.75 Å². The van der Waals surface area contributed by atoms with E-state index in [1.54, 1.807) is 24.3 Å². The molecule has 1 aromatic heterocycles. The van der Waals surface area contributed by atoms with Gasteiger partial charge in [-0.3, -0.25) is 10.1 Å². The van der Waals surface area contributed by atoms with Crippen molar-refractivity contribution in [3.8, 4) is 17.1 Å². The van der Waals surface area contributed by atoms with Gasteiger partial charge in [0, 0.05) is 17.8 Å². The van der Waals surface area contributed by atoms with Gasteiger partial charge in [-0.05, 0) is 54.7 Å². The van der Waals surface area contributed by atoms with Crippen molar-refractivity contribution in [3.63, 3.8) is 0 Å². The number of allylic oxidation sites excluding steroid dienone is 1. The summed E-state index contributed by atoms with van der Waals surface area (Å²) in [5.74, 6) is 0.370. The molecule has 0 aliphatic heterocycles. The quantitative estimate of drug-likeness (QED) is 0.261. The lowest BCUT2D eigenvalue weighted by atomic mass is 10.2. The van der Waals surface area contributed by atoms with Crippen LogP contribution in [0.2, 0.25) is 0 Å². The Morgan fingerprint density at radius 1 is 1.24 bits per heavy atom. The minimum Gasteiger partial charge on any atom is -0.435 e. The number of para-hydroxylation sites is 1. The lowest BCUT2D eigenvalue weighted by molar-refractivity contribution is -0.385. The van der Waals surface area contributed by atoms with Crippen LogP contribution in [0.1, 0.15) is 5.56 Å². The van der Waals surface area contributed by atoms with E-state index < -0.39 is 11.5 Å². The monoisotopic (exact) mass is 417 g/mol. The lowest BCUT2D eigenvalue weighted by Crippen LogP contribution is -2.01. The standard InChI is InChI=1S/C18H13F2N5O3S/c19-17(20)28-14-9-7-13(8-10-14)16-22-23-18(29)24(16)21-11-3-5-12-4-1-2-6-15(12)25(26)27/h1-11,17H,(H,23,29). The van der Waals surface area contributed by atoms with Crippen LogP contribution in [0.25, 0.3) is 17.5 Å². The second-order valence-electron chi connectivity index (χ2n) is 5.51. The molecule has 0 aliphatic rings. The summed E-state index contributed by atoms with van der Waals surface area (Å²) in [6, 6.07) is 12.1. The summed E-state index contributed by atoms with van der Waals surface area (Å²) in [6.07, 6.45) is 4.47. The van der Waals surface area contributed by atoms with Crippen LogP contribution in [0.4, 0.5) is 14.5 Å². The number of rotatable bonds is 7. The molecule has 1 N–H and O–H groups in total. The third kappa shape index (κ3) is 4.96. The number of H-pyrrole nitrogens is 1. The molecule has 8 nitrogen and oxygen atoms in total. The number of nitrogens with zero attached hydrogens (tertiary/aromatic N) is 4. The Balaban J connectivity index is 1.82. The predicted molar refractivity (Wildman–Crippen MR) is 106 cm³/mol. The highest BCUT2D eigenvalue weighted by molar-refractivity contribution is 7.71. The zero-order valence-electron chi connectivity index (χ0n) is 14.6. The lowest BCUT2D eigenvalue weighted by Gasteiger charge is -2.05. The zero-order chi connectivity index (χ0) is 20.8. The number of hydrogen-bond acceptors (Lipinski definition) is 6. The Kier molecular flexibility index (Phi) is 6.19. The second-order valence-corrected chi connectivity index (χ2v) is 5.89. The average Bonchev–Trinajstić information content (AvgIpc) is 3.06. The number of nitrogens with one attached hydrogen (secondary N) is 1. The number of ether oxygens (including phenoxy) is 1. The highest BCUT2D eigenvalue weighted by atomic mass is 32.1. The molecule has 29 heavy (non-hydrogen) atoms. The first-order chi connectivity index (χ1) is 14.0. The van der Waals surface area contributed by atoms with E-state index in [4.69, 9.17) is 12.2 Å². The van der Waals surface area contributed by atoms with E-state index >= 15 is 0 Å². The number of aromatic nitrogens is 3. The molecule has 0 amide bonds. The third-order valence-electron chi connectivity index (χ3n) is 3.67. The number of aromatic amines is 1. The summed E-state index contributed by atoms with van der Waals surface area (Å²) in [5, 5.41) is 21.9. The summed E-state index contributed by atoms with van der Waals surface area (Å²) >= 11 is 5.15. The molecule has 0 spiro atoms. The molecule has 148 valence electrons. The van der Waals surface area contributed by atoms with Gasteiger partial charge in [0.05, 0.1) is 10.5 Å². The minimum atomic E-state index is -2.91. The summed E-state index contributed by atoms with van der Waals surface area (Å²) < 4.78 is 30.4. The number of halogens is 2. The topological polar surface area (TPSA) is 98.3 Å². The van der Waals surface area contributed by atoms with Gasteiger partial charge in [0.2, 0.25) is 4.77 Å².